The zero-order valence-corrected chi connectivity index (χ0v) is 10.7. The summed E-state index contributed by atoms with van der Waals surface area (Å²) in [6.07, 6.45) is 3.60. The molecule has 0 aliphatic heterocycles. The van der Waals surface area contributed by atoms with E-state index in [9.17, 15) is 0 Å². The van der Waals surface area contributed by atoms with Gasteiger partial charge in [-0.25, -0.2) is 0 Å². The summed E-state index contributed by atoms with van der Waals surface area (Å²) in [5.74, 6) is 0. The Bertz CT molecular complexity index is 656. The molecule has 0 saturated carbocycles. The van der Waals surface area contributed by atoms with Gasteiger partial charge >= 0.3 is 0 Å². The van der Waals surface area contributed by atoms with Crippen molar-refractivity contribution in [3.8, 4) is 22.4 Å². The molecule has 2 heteroatoms. The average molecular weight is 246 g/mol. The Labute approximate surface area is 112 Å². The molecule has 0 saturated heterocycles. The predicted molar refractivity (Wildman–Crippen MR) is 77.6 cm³/mol. The highest BCUT2D eigenvalue weighted by Gasteiger charge is 2.01. The number of rotatable bonds is 2. The van der Waals surface area contributed by atoms with E-state index >= 15 is 0 Å². The van der Waals surface area contributed by atoms with Gasteiger partial charge in [0.15, 0.2) is 0 Å². The predicted octanol–water partition coefficient (Wildman–Crippen LogP) is 4.12. The molecule has 2 aromatic carbocycles. The smallest absolute Gasteiger partial charge is 0.0885 e. The van der Waals surface area contributed by atoms with E-state index in [2.05, 4.69) is 58.5 Å². The van der Waals surface area contributed by atoms with Gasteiger partial charge in [0.2, 0.25) is 0 Å². The van der Waals surface area contributed by atoms with E-state index in [1.807, 2.05) is 19.2 Å². The van der Waals surface area contributed by atoms with E-state index in [1.54, 1.807) is 6.20 Å². The van der Waals surface area contributed by atoms with Crippen LogP contribution >= 0.6 is 0 Å². The second-order valence-electron chi connectivity index (χ2n) is 4.49. The van der Waals surface area contributed by atoms with E-state index < -0.39 is 0 Å². The molecule has 3 aromatic rings. The topological polar surface area (TPSA) is 25.8 Å². The highest BCUT2D eigenvalue weighted by molar-refractivity contribution is 5.68. The van der Waals surface area contributed by atoms with Gasteiger partial charge in [0, 0.05) is 11.8 Å². The normalized spacial score (nSPS) is 10.4. The fourth-order valence-electron chi connectivity index (χ4n) is 2.01. The first-order chi connectivity index (χ1) is 9.33. The summed E-state index contributed by atoms with van der Waals surface area (Å²) in [5, 5.41) is 0. The van der Waals surface area contributed by atoms with Gasteiger partial charge in [-0.2, -0.15) is 0 Å². The minimum Gasteiger partial charge on any atom is -0.258 e. The molecule has 0 unspecified atom stereocenters. The summed E-state index contributed by atoms with van der Waals surface area (Å²) < 4.78 is 0. The van der Waals surface area contributed by atoms with Crippen LogP contribution in [-0.2, 0) is 0 Å². The Hall–Kier alpha value is -2.48. The molecule has 0 radical (unpaired) electrons. The Morgan fingerprint density at radius 1 is 0.632 bits per heavy atom. The van der Waals surface area contributed by atoms with Crippen LogP contribution in [0, 0.1) is 6.92 Å². The van der Waals surface area contributed by atoms with Crippen LogP contribution in [0.4, 0.5) is 0 Å². The maximum Gasteiger partial charge on any atom is 0.0885 e. The molecule has 3 rings (SSSR count). The first-order valence-electron chi connectivity index (χ1n) is 6.27. The van der Waals surface area contributed by atoms with E-state index in [1.165, 1.54) is 11.1 Å². The minimum atomic E-state index is 0.908. The molecule has 0 fully saturated rings. The van der Waals surface area contributed by atoms with E-state index in [0.717, 1.165) is 17.0 Å². The van der Waals surface area contributed by atoms with Gasteiger partial charge in [-0.3, -0.25) is 9.97 Å². The van der Waals surface area contributed by atoms with Crippen molar-refractivity contribution >= 4 is 0 Å². The van der Waals surface area contributed by atoms with Crippen molar-refractivity contribution in [2.45, 2.75) is 6.92 Å². The third kappa shape index (κ3) is 2.52. The van der Waals surface area contributed by atoms with Crippen molar-refractivity contribution in [1.82, 2.24) is 9.97 Å². The summed E-state index contributed by atoms with van der Waals surface area (Å²) in [6, 6.07) is 18.8. The van der Waals surface area contributed by atoms with Crippen LogP contribution < -0.4 is 0 Å². The van der Waals surface area contributed by atoms with Gasteiger partial charge in [-0.05, 0) is 18.1 Å². The maximum absolute atomic E-state index is 4.39. The molecule has 0 N–H and O–H groups in total. The van der Waals surface area contributed by atoms with Crippen molar-refractivity contribution in [2.75, 3.05) is 0 Å². The quantitative estimate of drug-likeness (QED) is 0.679. The van der Waals surface area contributed by atoms with Crippen LogP contribution in [-0.4, -0.2) is 9.97 Å². The molecule has 0 amide bonds. The highest BCUT2D eigenvalue weighted by atomic mass is 14.8. The lowest BCUT2D eigenvalue weighted by atomic mass is 10.0. The van der Waals surface area contributed by atoms with Crippen molar-refractivity contribution in [3.05, 3.63) is 72.7 Å². The Morgan fingerprint density at radius 3 is 1.89 bits per heavy atom. The highest BCUT2D eigenvalue weighted by Crippen LogP contribution is 2.23. The lowest BCUT2D eigenvalue weighted by molar-refractivity contribution is 1.12. The number of aryl methyl sites for hydroxylation is 1. The molecule has 0 atom stereocenters. The molecule has 19 heavy (non-hydrogen) atoms. The Kier molecular flexibility index (Phi) is 3.07. The maximum atomic E-state index is 4.39. The number of aromatic nitrogens is 2. The monoisotopic (exact) mass is 246 g/mol. The zero-order chi connectivity index (χ0) is 13.1. The molecule has 1 aromatic heterocycles. The van der Waals surface area contributed by atoms with Gasteiger partial charge in [0.1, 0.15) is 0 Å². The van der Waals surface area contributed by atoms with Crippen LogP contribution in [0.25, 0.3) is 22.4 Å². The number of nitrogens with zero attached hydrogens (tertiary/aromatic N) is 2. The lowest BCUT2D eigenvalue weighted by Crippen LogP contribution is -1.87. The van der Waals surface area contributed by atoms with Crippen molar-refractivity contribution in [3.63, 3.8) is 0 Å². The average Bonchev–Trinajstić information content (AvgIpc) is 2.49. The van der Waals surface area contributed by atoms with Crippen molar-refractivity contribution < 1.29 is 0 Å². The largest absolute Gasteiger partial charge is 0.258 e. The first-order valence-corrected chi connectivity index (χ1v) is 6.27. The SMILES string of the molecule is Cc1cnc(-c2ccc(-c3ccccc3)cc2)cn1. The van der Waals surface area contributed by atoms with E-state index in [4.69, 9.17) is 0 Å². The fourth-order valence-corrected chi connectivity index (χ4v) is 2.01. The van der Waals surface area contributed by atoms with E-state index in [-0.39, 0.29) is 0 Å². The third-order valence-corrected chi connectivity index (χ3v) is 3.07. The molecular formula is C17H14N2. The molecule has 0 spiro atoms. The Morgan fingerprint density at radius 2 is 1.26 bits per heavy atom. The van der Waals surface area contributed by atoms with Gasteiger partial charge in [0.05, 0.1) is 17.6 Å². The summed E-state index contributed by atoms with van der Waals surface area (Å²) >= 11 is 0. The number of hydrogen-bond donors (Lipinski definition) is 0. The summed E-state index contributed by atoms with van der Waals surface area (Å²) in [6.45, 7) is 1.94. The summed E-state index contributed by atoms with van der Waals surface area (Å²) in [4.78, 5) is 8.66. The standard InChI is InChI=1S/C17H14N2/c1-13-11-19-17(12-18-13)16-9-7-15(8-10-16)14-5-3-2-4-6-14/h2-12H,1H3. The molecule has 1 heterocycles. The Balaban J connectivity index is 1.93. The number of hydrogen-bond acceptors (Lipinski definition) is 2. The summed E-state index contributed by atoms with van der Waals surface area (Å²) in [5.41, 5.74) is 5.37. The van der Waals surface area contributed by atoms with E-state index in [0.29, 0.717) is 0 Å². The second-order valence-corrected chi connectivity index (χ2v) is 4.49. The molecular weight excluding hydrogens is 232 g/mol. The molecule has 2 nitrogen and oxygen atoms in total. The van der Waals surface area contributed by atoms with Crippen LogP contribution in [0.3, 0.4) is 0 Å². The molecule has 92 valence electrons. The van der Waals surface area contributed by atoms with Crippen LogP contribution in [0.15, 0.2) is 67.0 Å². The first kappa shape index (κ1) is 11.6. The zero-order valence-electron chi connectivity index (χ0n) is 10.7. The van der Waals surface area contributed by atoms with Crippen LogP contribution in [0.2, 0.25) is 0 Å². The van der Waals surface area contributed by atoms with Crippen molar-refractivity contribution in [1.29, 1.82) is 0 Å². The van der Waals surface area contributed by atoms with Crippen LogP contribution in [0.1, 0.15) is 5.69 Å². The van der Waals surface area contributed by atoms with Crippen molar-refractivity contribution in [2.24, 2.45) is 0 Å². The van der Waals surface area contributed by atoms with Gasteiger partial charge in [-0.1, -0.05) is 54.6 Å². The molecule has 0 aliphatic rings. The van der Waals surface area contributed by atoms with Crippen LogP contribution in [0.5, 0.6) is 0 Å². The van der Waals surface area contributed by atoms with Gasteiger partial charge in [-0.15, -0.1) is 0 Å². The lowest BCUT2D eigenvalue weighted by Gasteiger charge is -2.04. The molecule has 0 bridgehead atoms. The third-order valence-electron chi connectivity index (χ3n) is 3.07. The second kappa shape index (κ2) is 5.02. The minimum absolute atomic E-state index is 0.908. The van der Waals surface area contributed by atoms with Gasteiger partial charge < -0.3 is 0 Å². The van der Waals surface area contributed by atoms with Gasteiger partial charge in [0.25, 0.3) is 0 Å². The summed E-state index contributed by atoms with van der Waals surface area (Å²) in [7, 11) is 0. The number of benzene rings is 2. The fraction of sp³-hybridized carbons (Fsp3) is 0.0588. The molecule has 0 aliphatic carbocycles.